The highest BCUT2D eigenvalue weighted by Gasteiger charge is 2.26. The molecule has 0 fully saturated rings. The molecule has 2 aromatic carbocycles. The van der Waals surface area contributed by atoms with Gasteiger partial charge in [-0.05, 0) is 67.6 Å². The lowest BCUT2D eigenvalue weighted by Crippen LogP contribution is -2.33. The minimum atomic E-state index is -4.04. The summed E-state index contributed by atoms with van der Waals surface area (Å²) in [5.74, 6) is 0.0395. The fourth-order valence-corrected chi connectivity index (χ4v) is 5.24. The number of nitrogens with zero attached hydrogens (tertiary/aromatic N) is 1. The molecule has 0 aliphatic carbocycles. The Morgan fingerprint density at radius 2 is 1.62 bits per heavy atom. The molecule has 1 aromatic heterocycles. The summed E-state index contributed by atoms with van der Waals surface area (Å²) in [6, 6.07) is 17.1. The number of anilines is 1. The molecule has 32 heavy (non-hydrogen) atoms. The first kappa shape index (κ1) is 23.5. The van der Waals surface area contributed by atoms with Crippen molar-refractivity contribution in [3.8, 4) is 0 Å². The largest absolute Gasteiger partial charge is 0.325 e. The van der Waals surface area contributed by atoms with Gasteiger partial charge in [0.2, 0.25) is 15.7 Å². The zero-order valence-electron chi connectivity index (χ0n) is 18.8. The maximum absolute atomic E-state index is 13.3. The van der Waals surface area contributed by atoms with Gasteiger partial charge in [-0.25, -0.2) is 8.42 Å². The number of para-hydroxylation sites is 1. The summed E-state index contributed by atoms with van der Waals surface area (Å²) in [6.07, 6.45) is 0.840. The Kier molecular flexibility index (Phi) is 6.99. The third-order valence-electron chi connectivity index (χ3n) is 5.15. The van der Waals surface area contributed by atoms with Gasteiger partial charge < -0.3 is 9.88 Å². The molecule has 1 amide bonds. The molecule has 7 heteroatoms. The van der Waals surface area contributed by atoms with E-state index in [0.717, 1.165) is 12.0 Å². The van der Waals surface area contributed by atoms with Gasteiger partial charge in [0.05, 0.1) is 4.90 Å². The van der Waals surface area contributed by atoms with Crippen molar-refractivity contribution >= 4 is 21.4 Å². The molecule has 0 spiro atoms. The van der Waals surface area contributed by atoms with E-state index < -0.39 is 21.3 Å². The number of aryl methyl sites for hydroxylation is 2. The van der Waals surface area contributed by atoms with Gasteiger partial charge in [0.15, 0.2) is 0 Å². The normalized spacial score (nSPS) is 11.5. The number of carbonyl (C=O) groups excluding carboxylic acids is 1. The Hall–Kier alpha value is -3.19. The number of rotatable bonds is 7. The second-order valence-electron chi connectivity index (χ2n) is 8.35. The van der Waals surface area contributed by atoms with Crippen LogP contribution >= 0.6 is 0 Å². The van der Waals surface area contributed by atoms with Crippen molar-refractivity contribution in [2.24, 2.45) is 5.92 Å². The molecule has 0 unspecified atom stereocenters. The lowest BCUT2D eigenvalue weighted by Gasteiger charge is -2.15. The van der Waals surface area contributed by atoms with Gasteiger partial charge in [0.25, 0.3) is 5.56 Å². The average Bonchev–Trinajstić information content (AvgIpc) is 2.71. The second-order valence-corrected chi connectivity index (χ2v) is 10.2. The topological polar surface area (TPSA) is 85.2 Å². The van der Waals surface area contributed by atoms with Crippen molar-refractivity contribution in [2.45, 2.75) is 50.5 Å². The van der Waals surface area contributed by atoms with Crippen molar-refractivity contribution < 1.29 is 13.2 Å². The molecule has 3 rings (SSSR count). The Balaban J connectivity index is 1.96. The number of pyridine rings is 1. The molecule has 0 radical (unpaired) electrons. The summed E-state index contributed by atoms with van der Waals surface area (Å²) in [6.45, 7) is 7.19. The van der Waals surface area contributed by atoms with E-state index in [9.17, 15) is 18.0 Å². The number of amides is 1. The predicted octanol–water partition coefficient (Wildman–Crippen LogP) is 4.14. The predicted molar refractivity (Wildman–Crippen MR) is 126 cm³/mol. The molecule has 0 atom stereocenters. The Morgan fingerprint density at radius 3 is 2.22 bits per heavy atom. The molecule has 3 aromatic rings. The summed E-state index contributed by atoms with van der Waals surface area (Å²) in [5.41, 5.74) is 1.82. The fourth-order valence-electron chi connectivity index (χ4n) is 3.69. The van der Waals surface area contributed by atoms with E-state index in [1.165, 1.54) is 16.7 Å². The first-order valence-corrected chi connectivity index (χ1v) is 12.0. The van der Waals surface area contributed by atoms with Crippen LogP contribution in [0, 0.1) is 19.8 Å². The van der Waals surface area contributed by atoms with Gasteiger partial charge in [-0.15, -0.1) is 0 Å². The van der Waals surface area contributed by atoms with Crippen molar-refractivity contribution in [3.63, 3.8) is 0 Å². The van der Waals surface area contributed by atoms with Gasteiger partial charge in [-0.1, -0.05) is 44.2 Å². The number of hydrogen-bond donors (Lipinski definition) is 1. The van der Waals surface area contributed by atoms with Gasteiger partial charge in [-0.3, -0.25) is 9.59 Å². The fraction of sp³-hybridized carbons (Fsp3) is 0.280. The Bertz CT molecular complexity index is 1280. The van der Waals surface area contributed by atoms with E-state index >= 15 is 0 Å². The highest BCUT2D eigenvalue weighted by molar-refractivity contribution is 7.91. The molecular weight excluding hydrogens is 424 g/mol. The lowest BCUT2D eigenvalue weighted by molar-refractivity contribution is -0.116. The van der Waals surface area contributed by atoms with Crippen LogP contribution in [0.4, 0.5) is 5.69 Å². The third-order valence-corrected chi connectivity index (χ3v) is 7.08. The minimum absolute atomic E-state index is 0.0642. The number of carbonyl (C=O) groups is 1. The molecule has 0 bridgehead atoms. The zero-order chi connectivity index (χ0) is 23.5. The van der Waals surface area contributed by atoms with E-state index in [1.807, 2.05) is 6.07 Å². The Morgan fingerprint density at radius 1 is 1.00 bits per heavy atom. The van der Waals surface area contributed by atoms with Crippen LogP contribution in [-0.4, -0.2) is 18.9 Å². The van der Waals surface area contributed by atoms with Crippen molar-refractivity contribution in [1.82, 2.24) is 4.57 Å². The molecule has 0 saturated carbocycles. The van der Waals surface area contributed by atoms with Gasteiger partial charge in [-0.2, -0.15) is 0 Å². The van der Waals surface area contributed by atoms with Gasteiger partial charge >= 0.3 is 0 Å². The second kappa shape index (κ2) is 9.53. The molecule has 1 N–H and O–H groups in total. The highest BCUT2D eigenvalue weighted by Crippen LogP contribution is 2.23. The smallest absolute Gasteiger partial charge is 0.270 e. The number of sulfone groups is 1. The van der Waals surface area contributed by atoms with E-state index in [2.05, 4.69) is 19.2 Å². The maximum atomic E-state index is 13.3. The van der Waals surface area contributed by atoms with Crippen molar-refractivity contribution in [2.75, 3.05) is 5.32 Å². The van der Waals surface area contributed by atoms with Crippen LogP contribution in [-0.2, 0) is 27.6 Å². The van der Waals surface area contributed by atoms with Crippen LogP contribution in [0.25, 0.3) is 0 Å². The standard InChI is InChI=1S/C25H28N2O4S/c1-17(2)14-20-10-12-22(13-11-20)32(30,31)24-18(3)15-19(4)27(25(24)29)16-23(28)26-21-8-6-5-7-9-21/h5-13,15,17H,14,16H2,1-4H3,(H,26,28). The summed E-state index contributed by atoms with van der Waals surface area (Å²) < 4.78 is 27.9. The number of benzene rings is 2. The van der Waals surface area contributed by atoms with Crippen molar-refractivity contribution in [3.05, 3.63) is 87.8 Å². The zero-order valence-corrected chi connectivity index (χ0v) is 19.6. The van der Waals surface area contributed by atoms with Gasteiger partial charge in [0, 0.05) is 11.4 Å². The first-order valence-electron chi connectivity index (χ1n) is 10.5. The minimum Gasteiger partial charge on any atom is -0.325 e. The molecule has 168 valence electrons. The van der Waals surface area contributed by atoms with Gasteiger partial charge in [0.1, 0.15) is 11.4 Å². The van der Waals surface area contributed by atoms with Crippen LogP contribution in [0.2, 0.25) is 0 Å². The van der Waals surface area contributed by atoms with Crippen LogP contribution in [0.3, 0.4) is 0 Å². The summed E-state index contributed by atoms with van der Waals surface area (Å²) in [5, 5.41) is 2.72. The third kappa shape index (κ3) is 5.16. The SMILES string of the molecule is Cc1cc(C)n(CC(=O)Nc2ccccc2)c(=O)c1S(=O)(=O)c1ccc(CC(C)C)cc1. The van der Waals surface area contributed by atoms with Crippen molar-refractivity contribution in [1.29, 1.82) is 0 Å². The molecule has 6 nitrogen and oxygen atoms in total. The maximum Gasteiger partial charge on any atom is 0.270 e. The summed E-state index contributed by atoms with van der Waals surface area (Å²) >= 11 is 0. The molecule has 0 aliphatic rings. The molecular formula is C25H28N2O4S. The van der Waals surface area contributed by atoms with E-state index in [1.54, 1.807) is 56.3 Å². The summed E-state index contributed by atoms with van der Waals surface area (Å²) in [4.78, 5) is 25.5. The van der Waals surface area contributed by atoms with Crippen LogP contribution in [0.15, 0.2) is 75.2 Å². The number of aromatic nitrogens is 1. The average molecular weight is 453 g/mol. The number of hydrogen-bond acceptors (Lipinski definition) is 4. The Labute approximate surface area is 188 Å². The van der Waals surface area contributed by atoms with E-state index in [4.69, 9.17) is 0 Å². The summed E-state index contributed by atoms with van der Waals surface area (Å²) in [7, 11) is -4.04. The highest BCUT2D eigenvalue weighted by atomic mass is 32.2. The molecule has 0 saturated heterocycles. The van der Waals surface area contributed by atoms with Crippen LogP contribution < -0.4 is 10.9 Å². The molecule has 1 heterocycles. The molecule has 0 aliphatic heterocycles. The van der Waals surface area contributed by atoms with E-state index in [0.29, 0.717) is 22.9 Å². The lowest BCUT2D eigenvalue weighted by atomic mass is 10.0. The number of nitrogens with one attached hydrogen (secondary N) is 1. The monoisotopic (exact) mass is 452 g/mol. The quantitative estimate of drug-likeness (QED) is 0.584. The van der Waals surface area contributed by atoms with Crippen LogP contribution in [0.5, 0.6) is 0 Å². The van der Waals surface area contributed by atoms with E-state index in [-0.39, 0.29) is 16.3 Å². The first-order chi connectivity index (χ1) is 15.1. The van der Waals surface area contributed by atoms with Crippen LogP contribution in [0.1, 0.15) is 30.7 Å².